The summed E-state index contributed by atoms with van der Waals surface area (Å²) >= 11 is 0. The number of benzene rings is 1. The first-order valence-corrected chi connectivity index (χ1v) is 19.3. The molecule has 0 aliphatic carbocycles. The van der Waals surface area contributed by atoms with Crippen molar-refractivity contribution in [2.75, 3.05) is 25.1 Å². The zero-order valence-corrected chi connectivity index (χ0v) is 28.0. The molecule has 4 rings (SSSR count). The number of sulfonamides is 1. The maximum Gasteiger partial charge on any atom is 0.246 e. The van der Waals surface area contributed by atoms with Crippen molar-refractivity contribution in [1.29, 1.82) is 5.26 Å². The average molecular weight is 639 g/mol. The van der Waals surface area contributed by atoms with E-state index in [1.165, 1.54) is 37.6 Å². The van der Waals surface area contributed by atoms with E-state index < -0.39 is 29.5 Å². The number of ether oxygens (including phenoxy) is 2. The molecule has 44 heavy (non-hydrogen) atoms. The summed E-state index contributed by atoms with van der Waals surface area (Å²) in [7, 11) is -3.11. The number of aryl methyl sites for hydroxylation is 2. The highest BCUT2D eigenvalue weighted by atomic mass is 32.2. The monoisotopic (exact) mass is 638 g/mol. The highest BCUT2D eigenvalue weighted by molar-refractivity contribution is 7.93. The number of nitrogens with zero attached hydrogens (tertiary/aromatic N) is 6. The molecule has 12 nitrogen and oxygen atoms in total. The van der Waals surface area contributed by atoms with Gasteiger partial charge in [-0.05, 0) is 63.2 Å². The number of methoxy groups -OCH3 is 2. The van der Waals surface area contributed by atoms with E-state index >= 15 is 0 Å². The van der Waals surface area contributed by atoms with Gasteiger partial charge in [0.1, 0.15) is 40.4 Å². The highest BCUT2D eigenvalue weighted by Gasteiger charge is 2.40. The Balaban J connectivity index is 1.96. The number of hydrogen-bond acceptors (Lipinski definition) is 10. The summed E-state index contributed by atoms with van der Waals surface area (Å²) in [5.74, 6) is 2.00. The van der Waals surface area contributed by atoms with Crippen molar-refractivity contribution in [3.05, 3.63) is 65.2 Å². The van der Waals surface area contributed by atoms with Crippen LogP contribution in [0.5, 0.6) is 11.5 Å². The molecular weight excluding hydrogens is 601 g/mol. The highest BCUT2D eigenvalue weighted by Crippen LogP contribution is 2.40. The number of pyridine rings is 1. The van der Waals surface area contributed by atoms with Crippen LogP contribution in [0, 0.1) is 25.2 Å². The Morgan fingerprint density at radius 3 is 2.25 bits per heavy atom. The van der Waals surface area contributed by atoms with Gasteiger partial charge in [-0.1, -0.05) is 25.7 Å². The first-order chi connectivity index (χ1) is 20.7. The van der Waals surface area contributed by atoms with E-state index in [9.17, 15) is 18.8 Å². The van der Waals surface area contributed by atoms with Gasteiger partial charge >= 0.3 is 0 Å². The van der Waals surface area contributed by atoms with Crippen LogP contribution in [0.4, 0.5) is 5.95 Å². The minimum absolute atomic E-state index is 0.0156. The van der Waals surface area contributed by atoms with Crippen LogP contribution in [-0.4, -0.2) is 67.4 Å². The Kier molecular flexibility index (Phi) is 9.52. The molecule has 1 aromatic carbocycles. The SMILES string of the molecule is COc1cccc(OC)c1-n1c(-c2ccc(C)o2)nnc1N(CC[Si](C)(C)C)S(=O)(=O)C(C)C(O)c1ccc(C#N)c(C)n1. The van der Waals surface area contributed by atoms with E-state index in [-0.39, 0.29) is 24.0 Å². The van der Waals surface area contributed by atoms with Crippen LogP contribution in [-0.2, 0) is 10.0 Å². The van der Waals surface area contributed by atoms with Gasteiger partial charge in [-0.3, -0.25) is 9.55 Å². The Labute approximate surface area is 259 Å². The summed E-state index contributed by atoms with van der Waals surface area (Å²) in [5, 5.41) is 28.1. The van der Waals surface area contributed by atoms with Crippen LogP contribution in [0.1, 0.15) is 35.7 Å². The van der Waals surface area contributed by atoms with E-state index in [0.717, 1.165) is 0 Å². The van der Waals surface area contributed by atoms with Crippen molar-refractivity contribution < 1.29 is 27.4 Å². The molecule has 1 N–H and O–H groups in total. The molecule has 0 fully saturated rings. The first kappa shape index (κ1) is 32.7. The third-order valence-electron chi connectivity index (χ3n) is 7.27. The predicted octanol–water partition coefficient (Wildman–Crippen LogP) is 5.02. The third kappa shape index (κ3) is 6.49. The standard InChI is InChI=1S/C30H38N6O6SSi/c1-19-12-15-26(42-19)29-33-34-30(36(29)27-24(40-4)10-9-11-25(27)41-5)35(16-17-44(6,7)8)43(38,39)21(3)28(37)23-14-13-22(18-31)20(2)32-23/h9-15,21,28,37H,16-17H2,1-8H3. The average Bonchev–Trinajstić information content (AvgIpc) is 3.61. The summed E-state index contributed by atoms with van der Waals surface area (Å²) < 4.78 is 49.2. The smallest absolute Gasteiger partial charge is 0.246 e. The maximum absolute atomic E-state index is 14.5. The predicted molar refractivity (Wildman–Crippen MR) is 169 cm³/mol. The Bertz CT molecular complexity index is 1770. The Hall–Kier alpha value is -4.19. The van der Waals surface area contributed by atoms with Gasteiger partial charge in [0.15, 0.2) is 5.76 Å². The Morgan fingerprint density at radius 1 is 1.07 bits per heavy atom. The van der Waals surface area contributed by atoms with Crippen molar-refractivity contribution in [2.45, 2.75) is 57.8 Å². The Morgan fingerprint density at radius 2 is 1.73 bits per heavy atom. The van der Waals surface area contributed by atoms with Crippen LogP contribution in [0.2, 0.25) is 25.7 Å². The molecule has 0 radical (unpaired) electrons. The van der Waals surface area contributed by atoms with E-state index in [0.29, 0.717) is 46.0 Å². The lowest BCUT2D eigenvalue weighted by Crippen LogP contribution is -2.44. The first-order valence-electron chi connectivity index (χ1n) is 14.0. The van der Waals surface area contributed by atoms with Crippen LogP contribution in [0.3, 0.4) is 0 Å². The molecule has 0 spiro atoms. The number of aromatic nitrogens is 4. The molecule has 0 saturated carbocycles. The largest absolute Gasteiger partial charge is 0.494 e. The van der Waals surface area contributed by atoms with Gasteiger partial charge in [0.2, 0.25) is 21.8 Å². The molecule has 0 amide bonds. The molecule has 0 saturated heterocycles. The van der Waals surface area contributed by atoms with Gasteiger partial charge in [0.05, 0.1) is 31.2 Å². The summed E-state index contributed by atoms with van der Waals surface area (Å²) in [6, 6.07) is 14.3. The summed E-state index contributed by atoms with van der Waals surface area (Å²) in [6.45, 7) is 11.4. The van der Waals surface area contributed by atoms with Crippen molar-refractivity contribution in [3.8, 4) is 34.8 Å². The minimum Gasteiger partial charge on any atom is -0.494 e. The lowest BCUT2D eigenvalue weighted by atomic mass is 10.1. The van der Waals surface area contributed by atoms with Crippen LogP contribution in [0.15, 0.2) is 46.9 Å². The fourth-order valence-corrected chi connectivity index (χ4v) is 7.27. The van der Waals surface area contributed by atoms with E-state index in [1.807, 2.05) is 6.07 Å². The second-order valence-corrected chi connectivity index (χ2v) is 19.5. The number of nitriles is 1. The molecule has 14 heteroatoms. The zero-order valence-electron chi connectivity index (χ0n) is 26.2. The van der Waals surface area contributed by atoms with E-state index in [1.54, 1.807) is 48.7 Å². The molecule has 2 atom stereocenters. The normalized spacial score (nSPS) is 13.3. The number of hydrogen-bond donors (Lipinski definition) is 1. The lowest BCUT2D eigenvalue weighted by Gasteiger charge is -2.31. The molecule has 3 aromatic heterocycles. The van der Waals surface area contributed by atoms with Gasteiger partial charge in [-0.15, -0.1) is 10.2 Å². The number of anilines is 1. The number of rotatable bonds is 12. The topological polar surface area (TPSA) is 157 Å². The molecule has 0 aliphatic rings. The van der Waals surface area contributed by atoms with E-state index in [2.05, 4.69) is 34.8 Å². The summed E-state index contributed by atoms with van der Waals surface area (Å²) in [5.41, 5.74) is 1.26. The molecule has 234 valence electrons. The second kappa shape index (κ2) is 12.8. The molecule has 4 aromatic rings. The summed E-state index contributed by atoms with van der Waals surface area (Å²) in [4.78, 5) is 4.33. The second-order valence-electron chi connectivity index (χ2n) is 11.6. The lowest BCUT2D eigenvalue weighted by molar-refractivity contribution is 0.171. The molecule has 3 heterocycles. The number of furan rings is 1. The molecular formula is C30H38N6O6SSi. The van der Waals surface area contributed by atoms with Gasteiger partial charge in [0.25, 0.3) is 0 Å². The third-order valence-corrected chi connectivity index (χ3v) is 11.2. The van der Waals surface area contributed by atoms with Gasteiger partial charge < -0.3 is 19.0 Å². The quantitative estimate of drug-likeness (QED) is 0.209. The van der Waals surface area contributed by atoms with Crippen molar-refractivity contribution in [3.63, 3.8) is 0 Å². The fraction of sp³-hybridized carbons (Fsp3) is 0.400. The van der Waals surface area contributed by atoms with Gasteiger partial charge in [0, 0.05) is 14.6 Å². The van der Waals surface area contributed by atoms with Crippen LogP contribution in [0.25, 0.3) is 17.3 Å². The van der Waals surface area contributed by atoms with Gasteiger partial charge in [-0.2, -0.15) is 5.26 Å². The number of aliphatic hydroxyl groups excluding tert-OH is 1. The number of aliphatic hydroxyl groups is 1. The van der Waals surface area contributed by atoms with Crippen LogP contribution >= 0.6 is 0 Å². The van der Waals surface area contributed by atoms with Gasteiger partial charge in [-0.25, -0.2) is 12.7 Å². The van der Waals surface area contributed by atoms with E-state index in [4.69, 9.17) is 13.9 Å². The van der Waals surface area contributed by atoms with Crippen molar-refractivity contribution >= 4 is 24.0 Å². The zero-order chi connectivity index (χ0) is 32.4. The van der Waals surface area contributed by atoms with Crippen molar-refractivity contribution in [2.24, 2.45) is 0 Å². The molecule has 0 bridgehead atoms. The van der Waals surface area contributed by atoms with Crippen LogP contribution < -0.4 is 13.8 Å². The maximum atomic E-state index is 14.5. The van der Waals surface area contributed by atoms with Crippen molar-refractivity contribution in [1.82, 2.24) is 19.7 Å². The minimum atomic E-state index is -4.32. The summed E-state index contributed by atoms with van der Waals surface area (Å²) in [6.07, 6.45) is -1.50. The number of para-hydroxylation sites is 1. The molecule has 0 aliphatic heterocycles. The fourth-order valence-electron chi connectivity index (χ4n) is 4.66. The molecule has 2 unspecified atom stereocenters.